The van der Waals surface area contributed by atoms with Crippen molar-refractivity contribution in [1.82, 2.24) is 24.6 Å². The highest BCUT2D eigenvalue weighted by molar-refractivity contribution is 6.74. The van der Waals surface area contributed by atoms with E-state index in [2.05, 4.69) is 43.9 Å². The largest absolute Gasteiger partial charge is 0.444 e. The van der Waals surface area contributed by atoms with Gasteiger partial charge in [0.2, 0.25) is 5.89 Å². The fourth-order valence-electron chi connectivity index (χ4n) is 5.56. The van der Waals surface area contributed by atoms with Crippen LogP contribution in [0.15, 0.2) is 51.8 Å². The molecule has 2 aromatic heterocycles. The standard InChI is InChI=1S/C35H50ClN5O6Si/c1-22(30-38-40(9)32(43)45-30)39(8)31(42)24-14-12-23(13-15-24)20-26-17-18-27(41(26)33(44)46-34(2,3)4)29(25-16-19-28(36)37-21-25)47-48(10,11)35(5,6)7/h12-16,19,21-22,26-27,29H,17-18,20H2,1-11H3/t22-,26+,27-,29-/m1/s1. The molecule has 0 N–H and O–H groups in total. The Morgan fingerprint density at radius 1 is 1.08 bits per heavy atom. The molecule has 0 spiro atoms. The van der Waals surface area contributed by atoms with Crippen molar-refractivity contribution in [3.63, 3.8) is 0 Å². The topological polar surface area (TPSA) is 120 Å². The van der Waals surface area contributed by atoms with Gasteiger partial charge in [-0.2, -0.15) is 4.68 Å². The van der Waals surface area contributed by atoms with Gasteiger partial charge in [0, 0.05) is 37.5 Å². The number of ether oxygens (including phenoxy) is 1. The van der Waals surface area contributed by atoms with Crippen LogP contribution in [0.3, 0.4) is 0 Å². The van der Waals surface area contributed by atoms with E-state index in [1.807, 2.05) is 43.9 Å². The third-order valence-corrected chi connectivity index (χ3v) is 14.1. The maximum atomic E-state index is 14.0. The van der Waals surface area contributed by atoms with Gasteiger partial charge in [0.25, 0.3) is 5.91 Å². The number of aromatic nitrogens is 3. The van der Waals surface area contributed by atoms with Gasteiger partial charge in [0.15, 0.2) is 8.32 Å². The van der Waals surface area contributed by atoms with E-state index in [9.17, 15) is 14.4 Å². The monoisotopic (exact) mass is 699 g/mol. The minimum atomic E-state index is -2.30. The highest BCUT2D eigenvalue weighted by atomic mass is 35.5. The summed E-state index contributed by atoms with van der Waals surface area (Å²) in [5.74, 6) is -0.654. The van der Waals surface area contributed by atoms with Gasteiger partial charge < -0.3 is 18.5 Å². The lowest BCUT2D eigenvalue weighted by atomic mass is 10.0. The molecule has 0 unspecified atom stereocenters. The fraction of sp³-hybridized carbons (Fsp3) is 0.571. The van der Waals surface area contributed by atoms with Crippen molar-refractivity contribution >= 4 is 31.9 Å². The first-order chi connectivity index (χ1) is 22.2. The third kappa shape index (κ3) is 8.56. The molecule has 4 atom stereocenters. The molecule has 0 radical (unpaired) electrons. The van der Waals surface area contributed by atoms with E-state index in [0.29, 0.717) is 23.6 Å². The fourth-order valence-corrected chi connectivity index (χ4v) is 6.95. The number of pyridine rings is 1. The second-order valence-corrected chi connectivity index (χ2v) is 20.4. The lowest BCUT2D eigenvalue weighted by molar-refractivity contribution is -0.00244. The van der Waals surface area contributed by atoms with E-state index >= 15 is 0 Å². The van der Waals surface area contributed by atoms with Crippen molar-refractivity contribution in [3.8, 4) is 0 Å². The van der Waals surface area contributed by atoms with Crippen LogP contribution < -0.4 is 5.76 Å². The van der Waals surface area contributed by atoms with E-state index in [4.69, 9.17) is 25.2 Å². The number of likely N-dealkylation sites (tertiary alicyclic amines) is 1. The zero-order chi connectivity index (χ0) is 35.8. The van der Waals surface area contributed by atoms with Gasteiger partial charge in [-0.25, -0.2) is 14.6 Å². The molecule has 48 heavy (non-hydrogen) atoms. The Kier molecular flexibility index (Phi) is 11.0. The second-order valence-electron chi connectivity index (χ2n) is 15.2. The van der Waals surface area contributed by atoms with Crippen molar-refractivity contribution in [2.24, 2.45) is 7.05 Å². The average Bonchev–Trinajstić information content (AvgIpc) is 3.56. The average molecular weight is 700 g/mol. The van der Waals surface area contributed by atoms with Crippen LogP contribution >= 0.6 is 11.6 Å². The molecule has 0 saturated carbocycles. The summed E-state index contributed by atoms with van der Waals surface area (Å²) in [5, 5.41) is 4.41. The third-order valence-electron chi connectivity index (χ3n) is 9.44. The zero-order valence-corrected chi connectivity index (χ0v) is 31.8. The van der Waals surface area contributed by atoms with Crippen LogP contribution in [0.2, 0.25) is 23.3 Å². The maximum Gasteiger partial charge on any atom is 0.436 e. The number of nitrogens with zero attached hydrogens (tertiary/aromatic N) is 5. The summed E-state index contributed by atoms with van der Waals surface area (Å²) >= 11 is 6.17. The molecule has 13 heteroatoms. The quantitative estimate of drug-likeness (QED) is 0.168. The lowest BCUT2D eigenvalue weighted by Gasteiger charge is -2.43. The number of carbonyl (C=O) groups excluding carboxylic acids is 2. The normalized spacial score (nSPS) is 18.5. The minimum absolute atomic E-state index is 0.0593. The Hall–Kier alpha value is -3.48. The predicted octanol–water partition coefficient (Wildman–Crippen LogP) is 7.33. The molecule has 1 saturated heterocycles. The molecule has 1 aliphatic rings. The first-order valence-electron chi connectivity index (χ1n) is 16.4. The van der Waals surface area contributed by atoms with Gasteiger partial charge in [-0.1, -0.05) is 50.6 Å². The first kappa shape index (κ1) is 37.3. The van der Waals surface area contributed by atoms with E-state index in [1.54, 1.807) is 38.4 Å². The van der Waals surface area contributed by atoms with Gasteiger partial charge in [0.05, 0.1) is 12.1 Å². The van der Waals surface area contributed by atoms with E-state index in [0.717, 1.165) is 22.2 Å². The molecule has 1 aromatic carbocycles. The number of hydrogen-bond donors (Lipinski definition) is 0. The van der Waals surface area contributed by atoms with Gasteiger partial charge >= 0.3 is 11.8 Å². The van der Waals surface area contributed by atoms with Crippen molar-refractivity contribution in [3.05, 3.63) is 80.9 Å². The molecule has 2 amide bonds. The smallest absolute Gasteiger partial charge is 0.436 e. The number of rotatable bonds is 9. The van der Waals surface area contributed by atoms with Crippen LogP contribution in [0.5, 0.6) is 0 Å². The number of carbonyl (C=O) groups is 2. The highest BCUT2D eigenvalue weighted by Gasteiger charge is 2.48. The summed E-state index contributed by atoms with van der Waals surface area (Å²) in [6.07, 6.45) is 2.98. The summed E-state index contributed by atoms with van der Waals surface area (Å²) in [6, 6.07) is 10.1. The molecule has 1 aliphatic heterocycles. The Labute approximate surface area is 289 Å². The summed E-state index contributed by atoms with van der Waals surface area (Å²) in [5.41, 5.74) is 1.65. The molecule has 4 rings (SSSR count). The van der Waals surface area contributed by atoms with Crippen molar-refractivity contribution in [1.29, 1.82) is 0 Å². The summed E-state index contributed by atoms with van der Waals surface area (Å²) in [4.78, 5) is 46.8. The van der Waals surface area contributed by atoms with Crippen LogP contribution in [-0.2, 0) is 22.6 Å². The van der Waals surface area contributed by atoms with Gasteiger partial charge in [-0.05, 0) is 88.9 Å². The zero-order valence-electron chi connectivity index (χ0n) is 30.0. The number of hydrogen-bond acceptors (Lipinski definition) is 8. The molecular formula is C35H50ClN5O6Si. The molecule has 1 fully saturated rings. The molecule has 11 nitrogen and oxygen atoms in total. The van der Waals surface area contributed by atoms with E-state index in [-0.39, 0.29) is 35.0 Å². The van der Waals surface area contributed by atoms with Crippen LogP contribution in [0, 0.1) is 0 Å². The van der Waals surface area contributed by atoms with Crippen LogP contribution in [-0.4, -0.2) is 69.6 Å². The van der Waals surface area contributed by atoms with E-state index in [1.165, 1.54) is 11.9 Å². The summed E-state index contributed by atoms with van der Waals surface area (Å²) in [6.45, 7) is 18.4. The molecule has 3 aromatic rings. The number of benzene rings is 1. The van der Waals surface area contributed by atoms with Crippen LogP contribution in [0.25, 0.3) is 0 Å². The SMILES string of the molecule is C[C@H](c1nn(C)c(=O)o1)N(C)C(=O)c1ccc(C[C@@H]2CC[C@H]([C@H](O[Si](C)(C)C(C)(C)C)c3ccc(Cl)nc3)N2C(=O)OC(C)(C)C)cc1. The van der Waals surface area contributed by atoms with E-state index < -0.39 is 31.8 Å². The molecule has 262 valence electrons. The van der Waals surface area contributed by atoms with Gasteiger partial charge in [-0.3, -0.25) is 9.69 Å². The Bertz CT molecular complexity index is 1640. The Balaban J connectivity index is 1.61. The summed E-state index contributed by atoms with van der Waals surface area (Å²) in [7, 11) is 0.841. The minimum Gasteiger partial charge on any atom is -0.444 e. The Morgan fingerprint density at radius 3 is 2.25 bits per heavy atom. The van der Waals surface area contributed by atoms with Crippen molar-refractivity contribution in [2.75, 3.05) is 7.05 Å². The molecule has 0 aliphatic carbocycles. The highest BCUT2D eigenvalue weighted by Crippen LogP contribution is 2.44. The lowest BCUT2D eigenvalue weighted by Crippen LogP contribution is -2.50. The predicted molar refractivity (Wildman–Crippen MR) is 188 cm³/mol. The van der Waals surface area contributed by atoms with Crippen LogP contribution in [0.4, 0.5) is 4.79 Å². The first-order valence-corrected chi connectivity index (χ1v) is 19.7. The maximum absolute atomic E-state index is 14.0. The number of amides is 2. The Morgan fingerprint density at radius 2 is 1.73 bits per heavy atom. The van der Waals surface area contributed by atoms with Gasteiger partial charge in [0.1, 0.15) is 16.8 Å². The number of halogens is 1. The number of aryl methyl sites for hydroxylation is 1. The van der Waals surface area contributed by atoms with Crippen molar-refractivity contribution < 1.29 is 23.2 Å². The molecule has 3 heterocycles. The molecule has 0 bridgehead atoms. The second kappa shape index (κ2) is 14.2. The van der Waals surface area contributed by atoms with Crippen molar-refractivity contribution in [2.45, 2.75) is 116 Å². The van der Waals surface area contributed by atoms with Gasteiger partial charge in [-0.15, -0.1) is 5.10 Å². The molecular weight excluding hydrogens is 650 g/mol. The van der Waals surface area contributed by atoms with Crippen LogP contribution in [0.1, 0.15) is 101 Å². The summed E-state index contributed by atoms with van der Waals surface area (Å²) < 4.78 is 19.3.